The van der Waals surface area contributed by atoms with Gasteiger partial charge in [0.15, 0.2) is 5.82 Å². The molecule has 0 unspecified atom stereocenters. The molecule has 2 rings (SSSR count). The standard InChI is InChI=1S/C8H12N6O2/c1-2-15-4-3-5-10-7(16-14-5)6-11-8(9)13-12-6/h2-4H2,1H3,(H3,9,11,12,13). The molecule has 16 heavy (non-hydrogen) atoms. The van der Waals surface area contributed by atoms with E-state index in [1.807, 2.05) is 6.92 Å². The molecule has 0 atom stereocenters. The predicted octanol–water partition coefficient (Wildman–Crippen LogP) is 0.0159. The zero-order valence-corrected chi connectivity index (χ0v) is 8.80. The maximum absolute atomic E-state index is 5.36. The molecule has 2 aromatic heterocycles. The number of ether oxygens (including phenoxy) is 1. The molecule has 0 saturated carbocycles. The average Bonchev–Trinajstić information content (AvgIpc) is 2.87. The number of H-pyrrole nitrogens is 1. The van der Waals surface area contributed by atoms with Crippen molar-refractivity contribution in [3.63, 3.8) is 0 Å². The summed E-state index contributed by atoms with van der Waals surface area (Å²) in [5.41, 5.74) is 5.36. The Kier molecular flexibility index (Phi) is 3.10. The molecule has 2 aromatic rings. The van der Waals surface area contributed by atoms with Crippen LogP contribution in [0.2, 0.25) is 0 Å². The van der Waals surface area contributed by atoms with Crippen molar-refractivity contribution >= 4 is 5.95 Å². The molecule has 0 spiro atoms. The van der Waals surface area contributed by atoms with Gasteiger partial charge in [0, 0.05) is 13.0 Å². The van der Waals surface area contributed by atoms with Crippen LogP contribution < -0.4 is 5.73 Å². The smallest absolute Gasteiger partial charge is 0.295 e. The van der Waals surface area contributed by atoms with E-state index in [0.29, 0.717) is 31.3 Å². The number of rotatable bonds is 5. The van der Waals surface area contributed by atoms with Crippen LogP contribution in [0.15, 0.2) is 4.52 Å². The van der Waals surface area contributed by atoms with Crippen molar-refractivity contribution in [2.45, 2.75) is 13.3 Å². The molecular formula is C8H12N6O2. The number of aromatic amines is 1. The first kappa shape index (κ1) is 10.6. The zero-order valence-electron chi connectivity index (χ0n) is 8.80. The van der Waals surface area contributed by atoms with Gasteiger partial charge in [-0.15, -0.1) is 5.10 Å². The van der Waals surface area contributed by atoms with Crippen LogP contribution in [0.4, 0.5) is 5.95 Å². The van der Waals surface area contributed by atoms with Gasteiger partial charge in [0.25, 0.3) is 5.89 Å². The minimum absolute atomic E-state index is 0.143. The monoisotopic (exact) mass is 224 g/mol. The van der Waals surface area contributed by atoms with E-state index in [-0.39, 0.29) is 11.8 Å². The van der Waals surface area contributed by atoms with Gasteiger partial charge in [0.05, 0.1) is 6.61 Å². The van der Waals surface area contributed by atoms with Crippen LogP contribution in [0.5, 0.6) is 0 Å². The van der Waals surface area contributed by atoms with Crippen molar-refractivity contribution in [2.75, 3.05) is 18.9 Å². The van der Waals surface area contributed by atoms with E-state index in [1.54, 1.807) is 0 Å². The summed E-state index contributed by atoms with van der Waals surface area (Å²) in [4.78, 5) is 7.99. The van der Waals surface area contributed by atoms with Gasteiger partial charge < -0.3 is 15.0 Å². The minimum atomic E-state index is 0.143. The van der Waals surface area contributed by atoms with Crippen molar-refractivity contribution in [1.29, 1.82) is 0 Å². The lowest BCUT2D eigenvalue weighted by atomic mass is 10.4. The number of nitrogens with zero attached hydrogens (tertiary/aromatic N) is 4. The highest BCUT2D eigenvalue weighted by atomic mass is 16.5. The van der Waals surface area contributed by atoms with Gasteiger partial charge in [-0.25, -0.2) is 0 Å². The van der Waals surface area contributed by atoms with Crippen LogP contribution in [0.3, 0.4) is 0 Å². The summed E-state index contributed by atoms with van der Waals surface area (Å²) in [5, 5.41) is 10.0. The van der Waals surface area contributed by atoms with Crippen LogP contribution in [-0.4, -0.2) is 38.5 Å². The van der Waals surface area contributed by atoms with E-state index in [2.05, 4.69) is 25.3 Å². The molecule has 0 aliphatic heterocycles. The molecule has 8 heteroatoms. The summed E-state index contributed by atoms with van der Waals surface area (Å²) < 4.78 is 10.2. The summed E-state index contributed by atoms with van der Waals surface area (Å²) in [7, 11) is 0. The Morgan fingerprint density at radius 3 is 3.00 bits per heavy atom. The van der Waals surface area contributed by atoms with E-state index >= 15 is 0 Å². The normalized spacial score (nSPS) is 10.8. The lowest BCUT2D eigenvalue weighted by Gasteiger charge is -1.94. The first-order valence-electron chi connectivity index (χ1n) is 4.88. The summed E-state index contributed by atoms with van der Waals surface area (Å²) >= 11 is 0. The van der Waals surface area contributed by atoms with E-state index in [9.17, 15) is 0 Å². The summed E-state index contributed by atoms with van der Waals surface area (Å²) in [5.74, 6) is 1.35. The molecule has 0 aromatic carbocycles. The summed E-state index contributed by atoms with van der Waals surface area (Å²) in [6, 6.07) is 0. The zero-order chi connectivity index (χ0) is 11.4. The molecule has 8 nitrogen and oxygen atoms in total. The number of hydrogen-bond donors (Lipinski definition) is 2. The molecule has 0 fully saturated rings. The van der Waals surface area contributed by atoms with E-state index in [4.69, 9.17) is 15.0 Å². The van der Waals surface area contributed by atoms with E-state index < -0.39 is 0 Å². The number of anilines is 1. The molecule has 0 aliphatic carbocycles. The Bertz CT molecular complexity index is 451. The SMILES string of the molecule is CCOCCc1noc(-c2nc(N)n[nH]2)n1. The third-order valence-electron chi connectivity index (χ3n) is 1.85. The van der Waals surface area contributed by atoms with Crippen LogP contribution in [0, 0.1) is 0 Å². The van der Waals surface area contributed by atoms with Crippen molar-refractivity contribution in [1.82, 2.24) is 25.3 Å². The fourth-order valence-corrected chi connectivity index (χ4v) is 1.13. The van der Waals surface area contributed by atoms with Crippen molar-refractivity contribution in [2.24, 2.45) is 0 Å². The molecule has 0 saturated heterocycles. The molecular weight excluding hydrogens is 212 g/mol. The average molecular weight is 224 g/mol. The number of hydrogen-bond acceptors (Lipinski definition) is 7. The van der Waals surface area contributed by atoms with Crippen molar-refractivity contribution < 1.29 is 9.26 Å². The Morgan fingerprint density at radius 1 is 1.44 bits per heavy atom. The summed E-state index contributed by atoms with van der Waals surface area (Å²) in [6.07, 6.45) is 0.598. The van der Waals surface area contributed by atoms with E-state index in [0.717, 1.165) is 0 Å². The van der Waals surface area contributed by atoms with Crippen molar-refractivity contribution in [3.05, 3.63) is 5.82 Å². The summed E-state index contributed by atoms with van der Waals surface area (Å²) in [6.45, 7) is 3.16. The molecule has 0 aliphatic rings. The number of nitrogens with two attached hydrogens (primary N) is 1. The first-order valence-corrected chi connectivity index (χ1v) is 4.88. The third kappa shape index (κ3) is 2.34. The van der Waals surface area contributed by atoms with Crippen LogP contribution in [-0.2, 0) is 11.2 Å². The Labute approximate surface area is 91.2 Å². The number of nitrogens with one attached hydrogen (secondary N) is 1. The third-order valence-corrected chi connectivity index (χ3v) is 1.85. The van der Waals surface area contributed by atoms with Gasteiger partial charge in [0.1, 0.15) is 0 Å². The van der Waals surface area contributed by atoms with Crippen molar-refractivity contribution in [3.8, 4) is 11.7 Å². The van der Waals surface area contributed by atoms with Gasteiger partial charge in [-0.2, -0.15) is 9.97 Å². The van der Waals surface area contributed by atoms with Crippen LogP contribution in [0.25, 0.3) is 11.7 Å². The second-order valence-corrected chi connectivity index (χ2v) is 3.00. The van der Waals surface area contributed by atoms with Crippen LogP contribution >= 0.6 is 0 Å². The highest BCUT2D eigenvalue weighted by Gasteiger charge is 2.12. The maximum Gasteiger partial charge on any atom is 0.295 e. The minimum Gasteiger partial charge on any atom is -0.381 e. The number of nitrogen functional groups attached to an aromatic ring is 1. The predicted molar refractivity (Wildman–Crippen MR) is 54.3 cm³/mol. The largest absolute Gasteiger partial charge is 0.381 e. The molecule has 0 bridgehead atoms. The molecule has 2 heterocycles. The van der Waals surface area contributed by atoms with Gasteiger partial charge >= 0.3 is 0 Å². The second-order valence-electron chi connectivity index (χ2n) is 3.00. The molecule has 3 N–H and O–H groups in total. The fraction of sp³-hybridized carbons (Fsp3) is 0.500. The van der Waals surface area contributed by atoms with Gasteiger partial charge in [-0.3, -0.25) is 5.10 Å². The maximum atomic E-state index is 5.36. The molecule has 0 amide bonds. The topological polar surface area (TPSA) is 116 Å². The highest BCUT2D eigenvalue weighted by molar-refractivity contribution is 5.41. The Balaban J connectivity index is 2.02. The quantitative estimate of drug-likeness (QED) is 0.687. The second kappa shape index (κ2) is 4.71. The van der Waals surface area contributed by atoms with Gasteiger partial charge in [0.2, 0.25) is 11.8 Å². The van der Waals surface area contributed by atoms with Gasteiger partial charge in [-0.1, -0.05) is 5.16 Å². The van der Waals surface area contributed by atoms with Crippen LogP contribution in [0.1, 0.15) is 12.7 Å². The number of aromatic nitrogens is 5. The lowest BCUT2D eigenvalue weighted by molar-refractivity contribution is 0.149. The fourth-order valence-electron chi connectivity index (χ4n) is 1.13. The Hall–Kier alpha value is -1.96. The van der Waals surface area contributed by atoms with Gasteiger partial charge in [-0.05, 0) is 6.92 Å². The Morgan fingerprint density at radius 2 is 2.31 bits per heavy atom. The van der Waals surface area contributed by atoms with E-state index in [1.165, 1.54) is 0 Å². The highest BCUT2D eigenvalue weighted by Crippen LogP contribution is 2.12. The first-order chi connectivity index (χ1) is 7.79. The molecule has 86 valence electrons. The lowest BCUT2D eigenvalue weighted by Crippen LogP contribution is -1.99. The molecule has 0 radical (unpaired) electrons.